The molecule has 0 aliphatic heterocycles. The molecule has 1 N–H and O–H groups in total. The number of hydrogen-bond acceptors (Lipinski definition) is 6. The number of nitrogens with zero attached hydrogens (tertiary/aromatic N) is 3. The lowest BCUT2D eigenvalue weighted by molar-refractivity contribution is -0.111. The average molecular weight is 396 g/mol. The van der Waals surface area contributed by atoms with Gasteiger partial charge < -0.3 is 0 Å². The molecule has 0 bridgehead atoms. The minimum Gasteiger partial charge on any atom is -0.297 e. The Morgan fingerprint density at radius 1 is 1.26 bits per heavy atom. The predicted molar refractivity (Wildman–Crippen MR) is 105 cm³/mol. The molecule has 1 amide bonds. The van der Waals surface area contributed by atoms with E-state index in [4.69, 9.17) is 5.26 Å². The van der Waals surface area contributed by atoms with Crippen LogP contribution in [-0.4, -0.2) is 16.1 Å². The van der Waals surface area contributed by atoms with Crippen molar-refractivity contribution in [3.63, 3.8) is 0 Å². The summed E-state index contributed by atoms with van der Waals surface area (Å²) in [6.45, 7) is 0. The van der Waals surface area contributed by atoms with Crippen LogP contribution in [0.5, 0.6) is 0 Å². The molecule has 0 fully saturated rings. The van der Waals surface area contributed by atoms with Gasteiger partial charge in [-0.1, -0.05) is 47.4 Å². The average Bonchev–Trinajstić information content (AvgIpc) is 3.12. The second kappa shape index (κ2) is 9.07. The van der Waals surface area contributed by atoms with Crippen molar-refractivity contribution in [2.24, 2.45) is 0 Å². The number of rotatable bonds is 6. The maximum atomic E-state index is 13.1. The highest BCUT2D eigenvalue weighted by Crippen LogP contribution is 2.28. The fourth-order valence-electron chi connectivity index (χ4n) is 2.07. The SMILES string of the molecule is N#Cc1ccc(CSc2nnc(NC(=O)/C=C/c3cccc(F)c3)s2)cc1. The quantitative estimate of drug-likeness (QED) is 0.377. The number of anilines is 1. The normalized spacial score (nSPS) is 10.7. The van der Waals surface area contributed by atoms with E-state index in [1.165, 1.54) is 47.4 Å². The van der Waals surface area contributed by atoms with E-state index in [1.807, 2.05) is 12.1 Å². The van der Waals surface area contributed by atoms with Crippen molar-refractivity contribution in [3.8, 4) is 6.07 Å². The third-order valence-corrected chi connectivity index (χ3v) is 5.40. The maximum absolute atomic E-state index is 13.1. The number of carbonyl (C=O) groups excluding carboxylic acids is 1. The number of carbonyl (C=O) groups is 1. The fourth-order valence-corrected chi connectivity index (χ4v) is 3.78. The summed E-state index contributed by atoms with van der Waals surface area (Å²) in [5.74, 6) is -0.0296. The summed E-state index contributed by atoms with van der Waals surface area (Å²) >= 11 is 2.77. The number of benzene rings is 2. The second-order valence-electron chi connectivity index (χ2n) is 5.35. The van der Waals surface area contributed by atoms with Gasteiger partial charge in [0.05, 0.1) is 11.6 Å². The molecule has 5 nitrogen and oxygen atoms in total. The molecule has 0 saturated carbocycles. The first kappa shape index (κ1) is 18.8. The Morgan fingerprint density at radius 2 is 2.07 bits per heavy atom. The predicted octanol–water partition coefficient (Wildman–Crippen LogP) is 4.49. The van der Waals surface area contributed by atoms with Crippen molar-refractivity contribution in [2.45, 2.75) is 10.1 Å². The van der Waals surface area contributed by atoms with Crippen molar-refractivity contribution in [1.82, 2.24) is 10.2 Å². The first-order valence-corrected chi connectivity index (χ1v) is 9.62. The van der Waals surface area contributed by atoms with E-state index in [0.29, 0.717) is 22.0 Å². The van der Waals surface area contributed by atoms with Crippen LogP contribution < -0.4 is 5.32 Å². The van der Waals surface area contributed by atoms with E-state index < -0.39 is 0 Å². The molecule has 0 spiro atoms. The van der Waals surface area contributed by atoms with Crippen LogP contribution >= 0.6 is 23.1 Å². The molecule has 0 saturated heterocycles. The van der Waals surface area contributed by atoms with Crippen LogP contribution in [0.25, 0.3) is 6.08 Å². The molecular formula is C19H13FN4OS2. The Bertz CT molecular complexity index is 1010. The highest BCUT2D eigenvalue weighted by Gasteiger charge is 2.07. The third-order valence-electron chi connectivity index (χ3n) is 3.36. The van der Waals surface area contributed by atoms with Gasteiger partial charge in [-0.2, -0.15) is 5.26 Å². The highest BCUT2D eigenvalue weighted by atomic mass is 32.2. The number of nitriles is 1. The molecule has 2 aromatic carbocycles. The molecule has 0 aliphatic rings. The number of aromatic nitrogens is 2. The van der Waals surface area contributed by atoms with E-state index in [0.717, 1.165) is 9.90 Å². The maximum Gasteiger partial charge on any atom is 0.250 e. The van der Waals surface area contributed by atoms with Crippen molar-refractivity contribution < 1.29 is 9.18 Å². The Kier molecular flexibility index (Phi) is 6.30. The largest absolute Gasteiger partial charge is 0.297 e. The summed E-state index contributed by atoms with van der Waals surface area (Å²) in [6.07, 6.45) is 2.85. The molecule has 1 aromatic heterocycles. The second-order valence-corrected chi connectivity index (χ2v) is 7.55. The van der Waals surface area contributed by atoms with Gasteiger partial charge in [0.25, 0.3) is 0 Å². The van der Waals surface area contributed by atoms with Crippen LogP contribution in [0, 0.1) is 17.1 Å². The number of halogens is 1. The van der Waals surface area contributed by atoms with E-state index in [-0.39, 0.29) is 11.7 Å². The lowest BCUT2D eigenvalue weighted by atomic mass is 10.2. The number of hydrogen-bond donors (Lipinski definition) is 1. The molecular weight excluding hydrogens is 383 g/mol. The van der Waals surface area contributed by atoms with Crippen LogP contribution in [0.15, 0.2) is 58.9 Å². The highest BCUT2D eigenvalue weighted by molar-refractivity contribution is 8.00. The molecule has 0 unspecified atom stereocenters. The van der Waals surface area contributed by atoms with E-state index in [9.17, 15) is 9.18 Å². The molecule has 134 valence electrons. The molecule has 0 atom stereocenters. The fraction of sp³-hybridized carbons (Fsp3) is 0.0526. The molecule has 1 heterocycles. The van der Waals surface area contributed by atoms with Gasteiger partial charge in [0, 0.05) is 11.8 Å². The summed E-state index contributed by atoms with van der Waals surface area (Å²) in [5, 5.41) is 19.8. The monoisotopic (exact) mass is 396 g/mol. The lowest BCUT2D eigenvalue weighted by Gasteiger charge is -1.98. The molecule has 0 aliphatic carbocycles. The minimum absolute atomic E-state index is 0.356. The van der Waals surface area contributed by atoms with E-state index in [2.05, 4.69) is 21.6 Å². The topological polar surface area (TPSA) is 78.7 Å². The van der Waals surface area contributed by atoms with Crippen LogP contribution in [-0.2, 0) is 10.5 Å². The van der Waals surface area contributed by atoms with Crippen LogP contribution in [0.1, 0.15) is 16.7 Å². The van der Waals surface area contributed by atoms with Crippen LogP contribution in [0.2, 0.25) is 0 Å². The number of nitrogens with one attached hydrogen (secondary N) is 1. The summed E-state index contributed by atoms with van der Waals surface area (Å²) in [4.78, 5) is 11.9. The van der Waals surface area contributed by atoms with Gasteiger partial charge in [0.1, 0.15) is 5.82 Å². The van der Waals surface area contributed by atoms with E-state index >= 15 is 0 Å². The molecule has 3 aromatic rings. The van der Waals surface area contributed by atoms with Gasteiger partial charge in [0.2, 0.25) is 11.0 Å². The molecule has 3 rings (SSSR count). The Labute approximate surface area is 163 Å². The Hall–Kier alpha value is -3.02. The van der Waals surface area contributed by atoms with Crippen molar-refractivity contribution in [3.05, 3.63) is 77.1 Å². The Morgan fingerprint density at radius 3 is 2.81 bits per heavy atom. The zero-order valence-corrected chi connectivity index (χ0v) is 15.6. The number of thioether (sulfide) groups is 1. The van der Waals surface area contributed by atoms with Crippen molar-refractivity contribution in [2.75, 3.05) is 5.32 Å². The van der Waals surface area contributed by atoms with Crippen LogP contribution in [0.4, 0.5) is 9.52 Å². The molecule has 8 heteroatoms. The summed E-state index contributed by atoms with van der Waals surface area (Å²) in [7, 11) is 0. The first-order chi connectivity index (χ1) is 13.1. The van der Waals surface area contributed by atoms with Gasteiger partial charge >= 0.3 is 0 Å². The summed E-state index contributed by atoms with van der Waals surface area (Å²) in [5.41, 5.74) is 2.29. The smallest absolute Gasteiger partial charge is 0.250 e. The summed E-state index contributed by atoms with van der Waals surface area (Å²) in [6, 6.07) is 15.4. The lowest BCUT2D eigenvalue weighted by Crippen LogP contribution is -2.07. The van der Waals surface area contributed by atoms with E-state index in [1.54, 1.807) is 24.3 Å². The summed E-state index contributed by atoms with van der Waals surface area (Å²) < 4.78 is 13.8. The van der Waals surface area contributed by atoms with Gasteiger partial charge in [-0.15, -0.1) is 10.2 Å². The number of amides is 1. The molecule has 0 radical (unpaired) electrons. The minimum atomic E-state index is -0.362. The van der Waals surface area contributed by atoms with Gasteiger partial charge in [-0.25, -0.2) is 4.39 Å². The first-order valence-electron chi connectivity index (χ1n) is 7.82. The zero-order chi connectivity index (χ0) is 19.1. The van der Waals surface area contributed by atoms with Crippen LogP contribution in [0.3, 0.4) is 0 Å². The Balaban J connectivity index is 1.52. The van der Waals surface area contributed by atoms with Gasteiger partial charge in [-0.3, -0.25) is 10.1 Å². The standard InChI is InChI=1S/C19H13FN4OS2/c20-16-3-1-2-13(10-16)8-9-17(25)22-18-23-24-19(27-18)26-12-15-6-4-14(11-21)5-7-15/h1-10H,12H2,(H,22,23,25)/b9-8+. The van der Waals surface area contributed by atoms with Crippen molar-refractivity contribution >= 4 is 40.2 Å². The zero-order valence-electron chi connectivity index (χ0n) is 13.9. The van der Waals surface area contributed by atoms with Gasteiger partial charge in [0.15, 0.2) is 4.34 Å². The third kappa shape index (κ3) is 5.74. The molecule has 27 heavy (non-hydrogen) atoms. The van der Waals surface area contributed by atoms with Gasteiger partial charge in [-0.05, 0) is 41.5 Å². The van der Waals surface area contributed by atoms with Crippen molar-refractivity contribution in [1.29, 1.82) is 5.26 Å².